The first-order valence-electron chi connectivity index (χ1n) is 7.79. The number of nitro groups is 1. The Balaban J connectivity index is 0.00000312. The SMILES string of the molecule is COc1cc(C(=O)NCC2(C)CCCNC2)c([N+](=O)[O-])cc1OC.Cl. The monoisotopic (exact) mass is 373 g/mol. The van der Waals surface area contributed by atoms with E-state index >= 15 is 0 Å². The van der Waals surface area contributed by atoms with E-state index in [1.165, 1.54) is 26.4 Å². The van der Waals surface area contributed by atoms with Crippen LogP contribution in [0.4, 0.5) is 5.69 Å². The summed E-state index contributed by atoms with van der Waals surface area (Å²) in [5.74, 6) is -0.00237. The third-order valence-corrected chi connectivity index (χ3v) is 4.30. The third-order valence-electron chi connectivity index (χ3n) is 4.30. The second-order valence-corrected chi connectivity index (χ2v) is 6.26. The van der Waals surface area contributed by atoms with E-state index in [2.05, 4.69) is 17.6 Å². The first kappa shape index (κ1) is 21.0. The smallest absolute Gasteiger partial charge is 0.286 e. The van der Waals surface area contributed by atoms with Gasteiger partial charge in [-0.25, -0.2) is 0 Å². The summed E-state index contributed by atoms with van der Waals surface area (Å²) in [4.78, 5) is 23.2. The number of ether oxygens (including phenoxy) is 2. The van der Waals surface area contributed by atoms with Crippen molar-refractivity contribution < 1.29 is 19.2 Å². The van der Waals surface area contributed by atoms with Crippen LogP contribution < -0.4 is 20.1 Å². The molecule has 2 rings (SSSR count). The molecule has 1 aliphatic heterocycles. The van der Waals surface area contributed by atoms with Gasteiger partial charge < -0.3 is 20.1 Å². The Morgan fingerprint density at radius 2 is 2.00 bits per heavy atom. The van der Waals surface area contributed by atoms with E-state index in [0.29, 0.717) is 6.54 Å². The minimum atomic E-state index is -0.596. The van der Waals surface area contributed by atoms with Gasteiger partial charge in [0.25, 0.3) is 11.6 Å². The normalized spacial score (nSPS) is 19.5. The molecule has 140 valence electrons. The number of nitrogens with one attached hydrogen (secondary N) is 2. The lowest BCUT2D eigenvalue weighted by molar-refractivity contribution is -0.385. The first-order valence-corrected chi connectivity index (χ1v) is 7.79. The van der Waals surface area contributed by atoms with Gasteiger partial charge in [-0.3, -0.25) is 14.9 Å². The molecule has 1 aliphatic rings. The predicted molar refractivity (Wildman–Crippen MR) is 96.0 cm³/mol. The highest BCUT2D eigenvalue weighted by molar-refractivity contribution is 5.99. The van der Waals surface area contributed by atoms with Crippen LogP contribution >= 0.6 is 12.4 Å². The average molecular weight is 374 g/mol. The zero-order chi connectivity index (χ0) is 17.7. The number of nitrogens with zero attached hydrogens (tertiary/aromatic N) is 1. The van der Waals surface area contributed by atoms with Crippen LogP contribution in [0, 0.1) is 15.5 Å². The van der Waals surface area contributed by atoms with Crippen LogP contribution in [0.2, 0.25) is 0 Å². The summed E-state index contributed by atoms with van der Waals surface area (Å²) < 4.78 is 10.2. The average Bonchev–Trinajstić information content (AvgIpc) is 2.59. The summed E-state index contributed by atoms with van der Waals surface area (Å²) in [7, 11) is 2.80. The molecule has 1 fully saturated rings. The molecule has 0 aromatic heterocycles. The van der Waals surface area contributed by atoms with Gasteiger partial charge in [-0.2, -0.15) is 0 Å². The van der Waals surface area contributed by atoms with Gasteiger partial charge in [0.05, 0.1) is 25.2 Å². The first-order chi connectivity index (χ1) is 11.4. The van der Waals surface area contributed by atoms with Crippen molar-refractivity contribution >= 4 is 24.0 Å². The standard InChI is InChI=1S/C16H23N3O5.ClH/c1-16(5-4-6-17-9-16)10-18-15(20)11-7-13(23-2)14(24-3)8-12(11)19(21)22;/h7-8,17H,4-6,9-10H2,1-3H3,(H,18,20);1H. The van der Waals surface area contributed by atoms with Crippen LogP contribution in [0.25, 0.3) is 0 Å². The Morgan fingerprint density at radius 3 is 2.52 bits per heavy atom. The fourth-order valence-corrected chi connectivity index (χ4v) is 2.86. The number of hydrogen-bond acceptors (Lipinski definition) is 6. The maximum atomic E-state index is 12.5. The van der Waals surface area contributed by atoms with Crippen molar-refractivity contribution in [3.8, 4) is 11.5 Å². The fraction of sp³-hybridized carbons (Fsp3) is 0.562. The highest BCUT2D eigenvalue weighted by atomic mass is 35.5. The summed E-state index contributed by atoms with van der Waals surface area (Å²) in [6, 6.07) is 2.55. The van der Waals surface area contributed by atoms with Crippen LogP contribution in [0.15, 0.2) is 12.1 Å². The Morgan fingerprint density at radius 1 is 1.36 bits per heavy atom. The van der Waals surface area contributed by atoms with Gasteiger partial charge in [-0.05, 0) is 24.8 Å². The number of nitro benzene ring substituents is 1. The van der Waals surface area contributed by atoms with Gasteiger partial charge in [0.2, 0.25) is 0 Å². The van der Waals surface area contributed by atoms with E-state index < -0.39 is 10.8 Å². The van der Waals surface area contributed by atoms with Gasteiger partial charge in [-0.1, -0.05) is 6.92 Å². The zero-order valence-corrected chi connectivity index (χ0v) is 15.4. The number of amides is 1. The van der Waals surface area contributed by atoms with Gasteiger partial charge in [0, 0.05) is 19.2 Å². The Hall–Kier alpha value is -2.06. The van der Waals surface area contributed by atoms with Crippen molar-refractivity contribution in [2.24, 2.45) is 5.41 Å². The Labute approximate surface area is 152 Å². The molecule has 1 atom stereocenters. The van der Waals surface area contributed by atoms with Gasteiger partial charge in [-0.15, -0.1) is 12.4 Å². The lowest BCUT2D eigenvalue weighted by Crippen LogP contribution is -2.45. The fourth-order valence-electron chi connectivity index (χ4n) is 2.86. The molecule has 2 N–H and O–H groups in total. The van der Waals surface area contributed by atoms with Crippen molar-refractivity contribution in [2.45, 2.75) is 19.8 Å². The summed E-state index contributed by atoms with van der Waals surface area (Å²) in [5.41, 5.74) is -0.402. The molecule has 9 heteroatoms. The van der Waals surface area contributed by atoms with E-state index in [1.54, 1.807) is 0 Å². The third kappa shape index (κ3) is 4.96. The lowest BCUT2D eigenvalue weighted by Gasteiger charge is -2.34. The predicted octanol–water partition coefficient (Wildman–Crippen LogP) is 2.15. The quantitative estimate of drug-likeness (QED) is 0.585. The number of benzene rings is 1. The van der Waals surface area contributed by atoms with Crippen molar-refractivity contribution in [1.29, 1.82) is 0 Å². The van der Waals surface area contributed by atoms with Crippen LogP contribution in [0.3, 0.4) is 0 Å². The number of halogens is 1. The second-order valence-electron chi connectivity index (χ2n) is 6.26. The van der Waals surface area contributed by atoms with Crippen LogP contribution in [-0.2, 0) is 0 Å². The summed E-state index contributed by atoms with van der Waals surface area (Å²) in [6.45, 7) is 4.32. The number of hydrogen-bond donors (Lipinski definition) is 2. The molecule has 0 bridgehead atoms. The number of carbonyl (C=O) groups is 1. The largest absolute Gasteiger partial charge is 0.493 e. The molecule has 1 unspecified atom stereocenters. The van der Waals surface area contributed by atoms with E-state index in [9.17, 15) is 14.9 Å². The van der Waals surface area contributed by atoms with E-state index in [4.69, 9.17) is 9.47 Å². The number of rotatable bonds is 6. The topological polar surface area (TPSA) is 103 Å². The molecule has 0 radical (unpaired) electrons. The van der Waals surface area contributed by atoms with Crippen molar-refractivity contribution in [2.75, 3.05) is 33.9 Å². The second kappa shape index (κ2) is 8.87. The Kier molecular flexibility index (Phi) is 7.44. The molecular weight excluding hydrogens is 350 g/mol. The van der Waals surface area contributed by atoms with Crippen LogP contribution in [0.5, 0.6) is 11.5 Å². The maximum Gasteiger partial charge on any atom is 0.286 e. The van der Waals surface area contributed by atoms with Crippen molar-refractivity contribution in [3.63, 3.8) is 0 Å². The molecule has 0 spiro atoms. The summed E-state index contributed by atoms with van der Waals surface area (Å²) in [6.07, 6.45) is 2.04. The Bertz CT molecular complexity index is 632. The number of methoxy groups -OCH3 is 2. The highest BCUT2D eigenvalue weighted by Gasteiger charge is 2.29. The zero-order valence-electron chi connectivity index (χ0n) is 14.6. The molecule has 25 heavy (non-hydrogen) atoms. The summed E-state index contributed by atoms with van der Waals surface area (Å²) >= 11 is 0. The van der Waals surface area contributed by atoms with E-state index in [0.717, 1.165) is 25.9 Å². The van der Waals surface area contributed by atoms with Crippen LogP contribution in [-0.4, -0.2) is 44.7 Å². The number of carbonyl (C=O) groups excluding carboxylic acids is 1. The molecule has 1 heterocycles. The van der Waals surface area contributed by atoms with Gasteiger partial charge in [0.15, 0.2) is 11.5 Å². The number of piperidine rings is 1. The molecule has 1 aromatic carbocycles. The maximum absolute atomic E-state index is 12.5. The van der Waals surface area contributed by atoms with Crippen molar-refractivity contribution in [1.82, 2.24) is 10.6 Å². The van der Waals surface area contributed by atoms with E-state index in [-0.39, 0.29) is 40.6 Å². The molecule has 1 amide bonds. The molecule has 1 saturated heterocycles. The molecule has 1 aromatic rings. The minimum Gasteiger partial charge on any atom is -0.493 e. The van der Waals surface area contributed by atoms with Gasteiger partial charge in [0.1, 0.15) is 5.56 Å². The molecule has 8 nitrogen and oxygen atoms in total. The minimum absolute atomic E-state index is 0. The highest BCUT2D eigenvalue weighted by Crippen LogP contribution is 2.34. The molecule has 0 saturated carbocycles. The summed E-state index contributed by atoms with van der Waals surface area (Å²) in [5, 5.41) is 17.4. The van der Waals surface area contributed by atoms with Gasteiger partial charge >= 0.3 is 0 Å². The molecule has 0 aliphatic carbocycles. The van der Waals surface area contributed by atoms with E-state index in [1.807, 2.05) is 0 Å². The lowest BCUT2D eigenvalue weighted by atomic mass is 9.83. The molecular formula is C16H24ClN3O5. The van der Waals surface area contributed by atoms with Crippen LogP contribution in [0.1, 0.15) is 30.1 Å². The van der Waals surface area contributed by atoms with Crippen molar-refractivity contribution in [3.05, 3.63) is 27.8 Å².